The number of ether oxygens (including phenoxy) is 1. The van der Waals surface area contributed by atoms with E-state index in [1.165, 1.54) is 0 Å². The van der Waals surface area contributed by atoms with Gasteiger partial charge >= 0.3 is 6.09 Å². The van der Waals surface area contributed by atoms with Crippen LogP contribution in [-0.4, -0.2) is 36.2 Å². The van der Waals surface area contributed by atoms with Crippen LogP contribution in [0.1, 0.15) is 41.5 Å². The minimum Gasteiger partial charge on any atom is -0.444 e. The number of hydrogen-bond donors (Lipinski definition) is 3. The first-order chi connectivity index (χ1) is 11.9. The topological polar surface area (TPSA) is 79.5 Å². The van der Waals surface area contributed by atoms with Crippen molar-refractivity contribution >= 4 is 33.6 Å². The highest BCUT2D eigenvalue weighted by Gasteiger charge is 2.30. The van der Waals surface area contributed by atoms with Crippen molar-refractivity contribution in [3.8, 4) is 0 Å². The zero-order valence-corrected chi connectivity index (χ0v) is 18.0. The maximum atomic E-state index is 12.2. The fraction of sp³-hybridized carbons (Fsp3) is 0.579. The van der Waals surface area contributed by atoms with Gasteiger partial charge in [0.2, 0.25) is 5.91 Å². The Morgan fingerprint density at radius 3 is 2.19 bits per heavy atom. The standard InChI is InChI=1S/C19H30BrN3O3/c1-13(2)19(6,12-21-17(25)26-18(3,4)5)22-11-16(24)23-15-9-7-14(20)8-10-15/h7-10,13,22H,11-12H2,1-6H3,(H,21,25)(H,23,24). The zero-order valence-electron chi connectivity index (χ0n) is 16.4. The number of rotatable bonds is 7. The molecule has 6 nitrogen and oxygen atoms in total. The largest absolute Gasteiger partial charge is 0.444 e. The molecule has 3 N–H and O–H groups in total. The van der Waals surface area contributed by atoms with Crippen molar-refractivity contribution in [3.63, 3.8) is 0 Å². The summed E-state index contributed by atoms with van der Waals surface area (Å²) >= 11 is 3.36. The molecule has 2 amide bonds. The fourth-order valence-electron chi connectivity index (χ4n) is 2.06. The summed E-state index contributed by atoms with van der Waals surface area (Å²) in [5, 5.41) is 8.88. The number of carbonyl (C=O) groups is 2. The first-order valence-corrected chi connectivity index (χ1v) is 9.48. The average Bonchev–Trinajstić information content (AvgIpc) is 2.51. The molecule has 1 unspecified atom stereocenters. The highest BCUT2D eigenvalue weighted by atomic mass is 79.9. The summed E-state index contributed by atoms with van der Waals surface area (Å²) < 4.78 is 6.22. The van der Waals surface area contributed by atoms with E-state index in [0.717, 1.165) is 10.2 Å². The van der Waals surface area contributed by atoms with E-state index in [9.17, 15) is 9.59 Å². The van der Waals surface area contributed by atoms with Crippen LogP contribution in [0.3, 0.4) is 0 Å². The second kappa shape index (κ2) is 9.37. The molecule has 1 rings (SSSR count). The minimum absolute atomic E-state index is 0.140. The Morgan fingerprint density at radius 2 is 1.69 bits per heavy atom. The SMILES string of the molecule is CC(C)C(C)(CNC(=O)OC(C)(C)C)NCC(=O)Nc1ccc(Br)cc1. The molecule has 0 bridgehead atoms. The van der Waals surface area contributed by atoms with Crippen LogP contribution in [0.4, 0.5) is 10.5 Å². The molecule has 26 heavy (non-hydrogen) atoms. The molecule has 0 aliphatic rings. The molecule has 0 spiro atoms. The second-order valence-corrected chi connectivity index (χ2v) is 8.75. The van der Waals surface area contributed by atoms with Gasteiger partial charge in [0.1, 0.15) is 5.60 Å². The van der Waals surface area contributed by atoms with Gasteiger partial charge in [-0.05, 0) is 57.9 Å². The third-order valence-electron chi connectivity index (χ3n) is 4.05. The molecule has 1 atom stereocenters. The van der Waals surface area contributed by atoms with E-state index in [1.54, 1.807) is 0 Å². The Kier molecular flexibility index (Phi) is 8.09. The van der Waals surface area contributed by atoms with E-state index >= 15 is 0 Å². The van der Waals surface area contributed by atoms with Gasteiger partial charge in [-0.1, -0.05) is 29.8 Å². The summed E-state index contributed by atoms with van der Waals surface area (Å²) in [7, 11) is 0. The van der Waals surface area contributed by atoms with Gasteiger partial charge in [0, 0.05) is 22.2 Å². The first-order valence-electron chi connectivity index (χ1n) is 8.68. The van der Waals surface area contributed by atoms with Crippen LogP contribution >= 0.6 is 15.9 Å². The van der Waals surface area contributed by atoms with E-state index in [0.29, 0.717) is 6.54 Å². The molecule has 0 heterocycles. The fourth-order valence-corrected chi connectivity index (χ4v) is 2.33. The number of benzene rings is 1. The van der Waals surface area contributed by atoms with Crippen LogP contribution in [0, 0.1) is 5.92 Å². The highest BCUT2D eigenvalue weighted by Crippen LogP contribution is 2.17. The van der Waals surface area contributed by atoms with Crippen molar-refractivity contribution < 1.29 is 14.3 Å². The molecule has 146 valence electrons. The Labute approximate surface area is 164 Å². The molecule has 0 aromatic heterocycles. The third kappa shape index (κ3) is 8.19. The molecule has 0 aliphatic carbocycles. The minimum atomic E-state index is -0.545. The summed E-state index contributed by atoms with van der Waals surface area (Å²) in [5.41, 5.74) is -0.261. The van der Waals surface area contributed by atoms with Crippen molar-refractivity contribution in [2.45, 2.75) is 52.7 Å². The Bertz CT molecular complexity index is 611. The van der Waals surface area contributed by atoms with E-state index in [-0.39, 0.29) is 18.4 Å². The van der Waals surface area contributed by atoms with Crippen molar-refractivity contribution in [3.05, 3.63) is 28.7 Å². The maximum Gasteiger partial charge on any atom is 0.407 e. The van der Waals surface area contributed by atoms with E-state index in [1.807, 2.05) is 65.8 Å². The molecule has 0 radical (unpaired) electrons. The molecule has 7 heteroatoms. The van der Waals surface area contributed by atoms with E-state index < -0.39 is 17.2 Å². The van der Waals surface area contributed by atoms with Gasteiger partial charge in [0.05, 0.1) is 6.54 Å². The molecule has 0 saturated heterocycles. The van der Waals surface area contributed by atoms with Crippen molar-refractivity contribution in [2.75, 3.05) is 18.4 Å². The lowest BCUT2D eigenvalue weighted by molar-refractivity contribution is -0.115. The predicted octanol–water partition coefficient (Wildman–Crippen LogP) is 3.92. The first kappa shape index (κ1) is 22.4. The lowest BCUT2D eigenvalue weighted by Gasteiger charge is -2.35. The normalized spacial score (nSPS) is 13.8. The Hall–Kier alpha value is -1.60. The van der Waals surface area contributed by atoms with Crippen molar-refractivity contribution in [1.82, 2.24) is 10.6 Å². The summed E-state index contributed by atoms with van der Waals surface area (Å²) in [6.45, 7) is 12.0. The van der Waals surface area contributed by atoms with Gasteiger partial charge in [0.25, 0.3) is 0 Å². The van der Waals surface area contributed by atoms with E-state index in [4.69, 9.17) is 4.74 Å². The lowest BCUT2D eigenvalue weighted by Crippen LogP contribution is -2.56. The third-order valence-corrected chi connectivity index (χ3v) is 4.58. The molecular weight excluding hydrogens is 398 g/mol. The number of anilines is 1. The zero-order chi connectivity index (χ0) is 20.0. The monoisotopic (exact) mass is 427 g/mol. The second-order valence-electron chi connectivity index (χ2n) is 7.84. The molecule has 0 aliphatic heterocycles. The number of halogens is 1. The average molecular weight is 428 g/mol. The lowest BCUT2D eigenvalue weighted by atomic mass is 9.88. The molecule has 0 fully saturated rings. The van der Waals surface area contributed by atoms with Gasteiger partial charge in [-0.25, -0.2) is 4.79 Å². The maximum absolute atomic E-state index is 12.2. The van der Waals surface area contributed by atoms with Crippen molar-refractivity contribution in [1.29, 1.82) is 0 Å². The van der Waals surface area contributed by atoms with Gasteiger partial charge in [-0.2, -0.15) is 0 Å². The molecule has 0 saturated carbocycles. The quantitative estimate of drug-likeness (QED) is 0.615. The summed E-state index contributed by atoms with van der Waals surface area (Å²) in [4.78, 5) is 24.1. The van der Waals surface area contributed by atoms with Crippen LogP contribution in [-0.2, 0) is 9.53 Å². The van der Waals surface area contributed by atoms with Crippen LogP contribution < -0.4 is 16.0 Å². The van der Waals surface area contributed by atoms with Crippen molar-refractivity contribution in [2.24, 2.45) is 5.92 Å². The molecule has 1 aromatic carbocycles. The Morgan fingerprint density at radius 1 is 1.12 bits per heavy atom. The summed E-state index contributed by atoms with van der Waals surface area (Å²) in [5.74, 6) is 0.0504. The summed E-state index contributed by atoms with van der Waals surface area (Å²) in [6, 6.07) is 7.39. The van der Waals surface area contributed by atoms with Gasteiger partial charge in [-0.15, -0.1) is 0 Å². The van der Waals surface area contributed by atoms with Crippen LogP contribution in [0.15, 0.2) is 28.7 Å². The number of hydrogen-bond acceptors (Lipinski definition) is 4. The smallest absolute Gasteiger partial charge is 0.407 e. The van der Waals surface area contributed by atoms with Crippen LogP contribution in [0.25, 0.3) is 0 Å². The number of carbonyl (C=O) groups excluding carboxylic acids is 2. The number of nitrogens with one attached hydrogen (secondary N) is 3. The van der Waals surface area contributed by atoms with Crippen LogP contribution in [0.2, 0.25) is 0 Å². The predicted molar refractivity (Wildman–Crippen MR) is 108 cm³/mol. The van der Waals surface area contributed by atoms with Gasteiger partial charge in [0.15, 0.2) is 0 Å². The Balaban J connectivity index is 2.56. The summed E-state index contributed by atoms with van der Waals surface area (Å²) in [6.07, 6.45) is -0.467. The molecular formula is C19H30BrN3O3. The van der Waals surface area contributed by atoms with Gasteiger partial charge < -0.3 is 20.7 Å². The number of alkyl carbamates (subject to hydrolysis) is 1. The molecule has 1 aromatic rings. The van der Waals surface area contributed by atoms with E-state index in [2.05, 4.69) is 31.9 Å². The van der Waals surface area contributed by atoms with Gasteiger partial charge in [-0.3, -0.25) is 4.79 Å². The van der Waals surface area contributed by atoms with Crippen LogP contribution in [0.5, 0.6) is 0 Å². The highest BCUT2D eigenvalue weighted by molar-refractivity contribution is 9.10. The number of amides is 2.